The Morgan fingerprint density at radius 1 is 1.40 bits per heavy atom. The first kappa shape index (κ1) is 18.4. The van der Waals surface area contributed by atoms with Gasteiger partial charge in [0.15, 0.2) is 6.10 Å². The standard InChI is InChI=1S/C16H14BrN3O5/c1-10(25-15-5-3-2-4-13(15)17)16(22)19-18-9-11-8-12(20(23)24)6-7-14(11)21/h2-10,21H,1H3,(H,19,22)/b18-9-/t10-/m1/s1. The van der Waals surface area contributed by atoms with Gasteiger partial charge in [-0.25, -0.2) is 5.43 Å². The van der Waals surface area contributed by atoms with Crippen molar-refractivity contribution < 1.29 is 19.6 Å². The van der Waals surface area contributed by atoms with Gasteiger partial charge in [-0.15, -0.1) is 0 Å². The van der Waals surface area contributed by atoms with Gasteiger partial charge in [0.25, 0.3) is 11.6 Å². The Bertz CT molecular complexity index is 825. The average molecular weight is 408 g/mol. The van der Waals surface area contributed by atoms with E-state index in [1.165, 1.54) is 12.1 Å². The second kappa shape index (κ2) is 8.25. The van der Waals surface area contributed by atoms with Crippen LogP contribution in [0.3, 0.4) is 0 Å². The highest BCUT2D eigenvalue weighted by atomic mass is 79.9. The molecule has 1 atom stereocenters. The lowest BCUT2D eigenvalue weighted by atomic mass is 10.2. The predicted molar refractivity (Wildman–Crippen MR) is 94.7 cm³/mol. The Morgan fingerprint density at radius 2 is 2.12 bits per heavy atom. The molecule has 0 heterocycles. The fraction of sp³-hybridized carbons (Fsp3) is 0.125. The molecule has 130 valence electrons. The largest absolute Gasteiger partial charge is 0.507 e. The fourth-order valence-corrected chi connectivity index (χ4v) is 2.18. The molecule has 0 spiro atoms. The van der Waals surface area contributed by atoms with Gasteiger partial charge in [0.1, 0.15) is 11.5 Å². The Labute approximate surface area is 151 Å². The predicted octanol–water partition coefficient (Wildman–Crippen LogP) is 2.98. The second-order valence-corrected chi connectivity index (χ2v) is 5.78. The average Bonchev–Trinajstić information content (AvgIpc) is 2.58. The second-order valence-electron chi connectivity index (χ2n) is 4.92. The number of phenolic OH excluding ortho intramolecular Hbond substituents is 1. The molecular formula is C16H14BrN3O5. The maximum Gasteiger partial charge on any atom is 0.280 e. The maximum absolute atomic E-state index is 12.0. The highest BCUT2D eigenvalue weighted by Gasteiger charge is 2.15. The van der Waals surface area contributed by atoms with E-state index >= 15 is 0 Å². The minimum absolute atomic E-state index is 0.105. The van der Waals surface area contributed by atoms with Gasteiger partial charge in [0.05, 0.1) is 15.6 Å². The third-order valence-electron chi connectivity index (χ3n) is 3.11. The summed E-state index contributed by atoms with van der Waals surface area (Å²) in [7, 11) is 0. The van der Waals surface area contributed by atoms with Crippen molar-refractivity contribution in [2.75, 3.05) is 0 Å². The van der Waals surface area contributed by atoms with Crippen LogP contribution in [0.4, 0.5) is 5.69 Å². The van der Waals surface area contributed by atoms with Gasteiger partial charge in [0, 0.05) is 17.7 Å². The molecule has 9 heteroatoms. The van der Waals surface area contributed by atoms with E-state index in [2.05, 4.69) is 26.5 Å². The zero-order valence-corrected chi connectivity index (χ0v) is 14.6. The molecular weight excluding hydrogens is 394 g/mol. The van der Waals surface area contributed by atoms with Crippen LogP contribution in [0.2, 0.25) is 0 Å². The SMILES string of the molecule is C[C@@H](Oc1ccccc1Br)C(=O)N/N=C\c1cc([N+](=O)[O-])ccc1O. The highest BCUT2D eigenvalue weighted by molar-refractivity contribution is 9.10. The fourth-order valence-electron chi connectivity index (χ4n) is 1.80. The summed E-state index contributed by atoms with van der Waals surface area (Å²) in [6.45, 7) is 1.55. The van der Waals surface area contributed by atoms with Gasteiger partial charge in [0.2, 0.25) is 0 Å². The van der Waals surface area contributed by atoms with Crippen LogP contribution in [0.15, 0.2) is 52.0 Å². The Hall–Kier alpha value is -2.94. The first-order valence-electron chi connectivity index (χ1n) is 7.10. The summed E-state index contributed by atoms with van der Waals surface area (Å²) in [4.78, 5) is 22.1. The number of ether oxygens (including phenoxy) is 1. The third kappa shape index (κ3) is 5.01. The number of nitrogens with zero attached hydrogens (tertiary/aromatic N) is 2. The van der Waals surface area contributed by atoms with Crippen molar-refractivity contribution in [1.29, 1.82) is 0 Å². The number of hydrogen-bond acceptors (Lipinski definition) is 6. The van der Waals surface area contributed by atoms with E-state index in [-0.39, 0.29) is 17.0 Å². The summed E-state index contributed by atoms with van der Waals surface area (Å²) >= 11 is 3.31. The van der Waals surface area contributed by atoms with E-state index in [0.717, 1.165) is 12.3 Å². The molecule has 0 aliphatic heterocycles. The first-order chi connectivity index (χ1) is 11.9. The van der Waals surface area contributed by atoms with E-state index in [1.807, 2.05) is 6.07 Å². The van der Waals surface area contributed by atoms with Gasteiger partial charge in [-0.05, 0) is 41.1 Å². The molecule has 2 rings (SSSR count). The van der Waals surface area contributed by atoms with E-state index in [0.29, 0.717) is 10.2 Å². The molecule has 0 saturated carbocycles. The lowest BCUT2D eigenvalue weighted by Crippen LogP contribution is -2.33. The lowest BCUT2D eigenvalue weighted by molar-refractivity contribution is -0.384. The van der Waals surface area contributed by atoms with Gasteiger partial charge in [-0.2, -0.15) is 5.10 Å². The van der Waals surface area contributed by atoms with E-state index < -0.39 is 16.9 Å². The number of halogens is 1. The number of carbonyl (C=O) groups excluding carboxylic acids is 1. The normalized spacial score (nSPS) is 11.9. The van der Waals surface area contributed by atoms with Crippen molar-refractivity contribution in [3.8, 4) is 11.5 Å². The van der Waals surface area contributed by atoms with Crippen molar-refractivity contribution in [2.45, 2.75) is 13.0 Å². The number of rotatable bonds is 6. The minimum atomic E-state index is -0.824. The number of nitro groups is 1. The molecule has 0 fully saturated rings. The van der Waals surface area contributed by atoms with Gasteiger partial charge >= 0.3 is 0 Å². The zero-order valence-electron chi connectivity index (χ0n) is 13.0. The first-order valence-corrected chi connectivity index (χ1v) is 7.89. The molecule has 0 aliphatic rings. The number of aromatic hydroxyl groups is 1. The minimum Gasteiger partial charge on any atom is -0.507 e. The smallest absolute Gasteiger partial charge is 0.280 e. The molecule has 0 radical (unpaired) electrons. The topological polar surface area (TPSA) is 114 Å². The molecule has 0 unspecified atom stereocenters. The molecule has 25 heavy (non-hydrogen) atoms. The lowest BCUT2D eigenvalue weighted by Gasteiger charge is -2.13. The van der Waals surface area contributed by atoms with Crippen LogP contribution in [-0.4, -0.2) is 28.3 Å². The van der Waals surface area contributed by atoms with Crippen LogP contribution >= 0.6 is 15.9 Å². The van der Waals surface area contributed by atoms with Crippen LogP contribution in [0.1, 0.15) is 12.5 Å². The molecule has 1 amide bonds. The quantitative estimate of drug-likeness (QED) is 0.433. The van der Waals surface area contributed by atoms with Crippen LogP contribution < -0.4 is 10.2 Å². The number of nitrogens with one attached hydrogen (secondary N) is 1. The third-order valence-corrected chi connectivity index (χ3v) is 3.77. The van der Waals surface area contributed by atoms with E-state index in [4.69, 9.17) is 4.74 Å². The van der Waals surface area contributed by atoms with Crippen LogP contribution in [-0.2, 0) is 4.79 Å². The molecule has 2 aromatic rings. The summed E-state index contributed by atoms with van der Waals surface area (Å²) in [6.07, 6.45) is 0.292. The number of hydrogen-bond donors (Lipinski definition) is 2. The maximum atomic E-state index is 12.0. The number of amides is 1. The number of non-ortho nitro benzene ring substituents is 1. The summed E-state index contributed by atoms with van der Waals surface area (Å²) in [6, 6.07) is 10.6. The van der Waals surface area contributed by atoms with Crippen molar-refractivity contribution in [3.63, 3.8) is 0 Å². The van der Waals surface area contributed by atoms with Crippen molar-refractivity contribution in [3.05, 3.63) is 62.6 Å². The summed E-state index contributed by atoms with van der Waals surface area (Å²) in [5.74, 6) is -0.205. The van der Waals surface area contributed by atoms with Crippen LogP contribution in [0, 0.1) is 10.1 Å². The van der Waals surface area contributed by atoms with Crippen molar-refractivity contribution in [2.24, 2.45) is 5.10 Å². The highest BCUT2D eigenvalue weighted by Crippen LogP contribution is 2.25. The van der Waals surface area contributed by atoms with Gasteiger partial charge < -0.3 is 9.84 Å². The monoisotopic (exact) mass is 407 g/mol. The number of para-hydroxylation sites is 1. The van der Waals surface area contributed by atoms with Crippen LogP contribution in [0.25, 0.3) is 0 Å². The molecule has 2 aromatic carbocycles. The van der Waals surface area contributed by atoms with Crippen molar-refractivity contribution in [1.82, 2.24) is 5.43 Å². The summed E-state index contributed by atoms with van der Waals surface area (Å²) < 4.78 is 6.22. The molecule has 8 nitrogen and oxygen atoms in total. The van der Waals surface area contributed by atoms with Crippen molar-refractivity contribution >= 4 is 33.7 Å². The van der Waals surface area contributed by atoms with E-state index in [1.54, 1.807) is 25.1 Å². The van der Waals surface area contributed by atoms with E-state index in [9.17, 15) is 20.0 Å². The van der Waals surface area contributed by atoms with Gasteiger partial charge in [-0.1, -0.05) is 12.1 Å². The molecule has 0 aromatic heterocycles. The molecule has 0 saturated heterocycles. The summed E-state index contributed by atoms with van der Waals surface area (Å²) in [5.41, 5.74) is 2.16. The Morgan fingerprint density at radius 3 is 2.80 bits per heavy atom. The molecule has 2 N–H and O–H groups in total. The number of nitro benzene ring substituents is 1. The molecule has 0 bridgehead atoms. The Kier molecular flexibility index (Phi) is 6.07. The number of hydrazone groups is 1. The number of benzene rings is 2. The summed E-state index contributed by atoms with van der Waals surface area (Å²) in [5, 5.41) is 24.1. The Balaban J connectivity index is 1.99. The zero-order chi connectivity index (χ0) is 18.4. The number of carbonyl (C=O) groups is 1. The number of phenols is 1. The van der Waals surface area contributed by atoms with Gasteiger partial charge in [-0.3, -0.25) is 14.9 Å². The van der Waals surface area contributed by atoms with Crippen LogP contribution in [0.5, 0.6) is 11.5 Å². The molecule has 0 aliphatic carbocycles.